The third-order valence-corrected chi connectivity index (χ3v) is 0.190. The van der Waals surface area contributed by atoms with Gasteiger partial charge in [0.25, 0.3) is 0 Å². The van der Waals surface area contributed by atoms with E-state index in [1.807, 2.05) is 0 Å². The molecular formula is C3H6F2O5. The molecule has 10 heavy (non-hydrogen) atoms. The zero-order valence-electron chi connectivity index (χ0n) is 4.66. The summed E-state index contributed by atoms with van der Waals surface area (Å²) in [6, 6.07) is 0. The Labute approximate surface area is 54.1 Å². The highest BCUT2D eigenvalue weighted by Gasteiger charge is 2.21. The van der Waals surface area contributed by atoms with E-state index in [-0.39, 0.29) is 0 Å². The SMILES string of the molecule is O=C(O)O.OCC(O)(F)F. The maximum atomic E-state index is 10.8. The molecule has 0 unspecified atom stereocenters. The molecule has 0 aromatic rings. The van der Waals surface area contributed by atoms with Crippen molar-refractivity contribution < 1.29 is 34.0 Å². The number of alkyl halides is 2. The number of hydrogen-bond donors (Lipinski definition) is 4. The van der Waals surface area contributed by atoms with Gasteiger partial charge in [0.15, 0.2) is 0 Å². The van der Waals surface area contributed by atoms with E-state index < -0.39 is 18.9 Å². The van der Waals surface area contributed by atoms with E-state index in [9.17, 15) is 8.78 Å². The Morgan fingerprint density at radius 3 is 1.50 bits per heavy atom. The molecular weight excluding hydrogens is 154 g/mol. The summed E-state index contributed by atoms with van der Waals surface area (Å²) in [6.45, 7) is -1.51. The Kier molecular flexibility index (Phi) is 5.76. The van der Waals surface area contributed by atoms with Gasteiger partial charge in [-0.25, -0.2) is 4.79 Å². The zero-order valence-corrected chi connectivity index (χ0v) is 4.66. The minimum Gasteiger partial charge on any atom is -0.450 e. The summed E-state index contributed by atoms with van der Waals surface area (Å²) in [5.74, 6) is 0. The first-order valence-corrected chi connectivity index (χ1v) is 1.92. The minimum atomic E-state index is -3.90. The predicted octanol–water partition coefficient (Wildman–Crippen LogP) is -0.214. The molecule has 0 saturated heterocycles. The van der Waals surface area contributed by atoms with Crippen molar-refractivity contribution in [3.05, 3.63) is 0 Å². The lowest BCUT2D eigenvalue weighted by Gasteiger charge is -1.99. The van der Waals surface area contributed by atoms with Gasteiger partial charge < -0.3 is 20.4 Å². The molecule has 0 bridgehead atoms. The Morgan fingerprint density at radius 2 is 1.50 bits per heavy atom. The minimum absolute atomic E-state index is 1.51. The number of aliphatic hydroxyl groups excluding tert-OH is 1. The third-order valence-electron chi connectivity index (χ3n) is 0.190. The van der Waals surface area contributed by atoms with Crippen molar-refractivity contribution in [3.63, 3.8) is 0 Å². The molecule has 0 aromatic carbocycles. The largest absolute Gasteiger partial charge is 0.503 e. The zero-order chi connectivity index (χ0) is 8.78. The van der Waals surface area contributed by atoms with Crippen LogP contribution in [0, 0.1) is 0 Å². The highest BCUT2D eigenvalue weighted by atomic mass is 19.3. The van der Waals surface area contributed by atoms with Crippen molar-refractivity contribution in [2.45, 2.75) is 6.11 Å². The van der Waals surface area contributed by atoms with Crippen molar-refractivity contribution >= 4 is 6.16 Å². The van der Waals surface area contributed by atoms with Crippen molar-refractivity contribution in [2.75, 3.05) is 6.61 Å². The van der Waals surface area contributed by atoms with E-state index in [4.69, 9.17) is 25.2 Å². The van der Waals surface area contributed by atoms with Crippen LogP contribution in [-0.2, 0) is 0 Å². The lowest BCUT2D eigenvalue weighted by Crippen LogP contribution is -2.19. The van der Waals surface area contributed by atoms with Crippen molar-refractivity contribution in [1.82, 2.24) is 0 Å². The summed E-state index contributed by atoms with van der Waals surface area (Å²) in [6.07, 6.45) is -5.74. The predicted molar refractivity (Wildman–Crippen MR) is 24.9 cm³/mol. The van der Waals surface area contributed by atoms with E-state index in [2.05, 4.69) is 0 Å². The molecule has 0 atom stereocenters. The van der Waals surface area contributed by atoms with Crippen LogP contribution in [0.1, 0.15) is 0 Å². The van der Waals surface area contributed by atoms with Gasteiger partial charge in [-0.15, -0.1) is 0 Å². The van der Waals surface area contributed by atoms with E-state index in [1.54, 1.807) is 0 Å². The van der Waals surface area contributed by atoms with Gasteiger partial charge in [-0.05, 0) is 0 Å². The molecule has 0 spiro atoms. The molecule has 4 N–H and O–H groups in total. The van der Waals surface area contributed by atoms with Crippen molar-refractivity contribution in [1.29, 1.82) is 0 Å². The molecule has 0 heterocycles. The number of rotatable bonds is 1. The fourth-order valence-corrected chi connectivity index (χ4v) is 0. The van der Waals surface area contributed by atoms with Crippen molar-refractivity contribution in [2.24, 2.45) is 0 Å². The van der Waals surface area contributed by atoms with Crippen LogP contribution in [0.4, 0.5) is 13.6 Å². The molecule has 0 aliphatic rings. The van der Waals surface area contributed by atoms with Crippen LogP contribution in [-0.4, -0.2) is 39.3 Å². The maximum Gasteiger partial charge on any atom is 0.503 e. The molecule has 0 amide bonds. The standard InChI is InChI=1S/C2H4F2O2.CH2O3/c3-2(4,6)1-5;2-1(3)4/h5-6H,1H2;(H2,2,3,4). The quantitative estimate of drug-likeness (QED) is 0.425. The maximum absolute atomic E-state index is 10.8. The summed E-state index contributed by atoms with van der Waals surface area (Å²) in [5, 5.41) is 28.6. The second kappa shape index (κ2) is 4.89. The van der Waals surface area contributed by atoms with Gasteiger partial charge in [0, 0.05) is 0 Å². The number of aliphatic hydroxyl groups is 2. The van der Waals surface area contributed by atoms with Crippen LogP contribution < -0.4 is 0 Å². The monoisotopic (exact) mass is 160 g/mol. The number of carbonyl (C=O) groups is 1. The van der Waals surface area contributed by atoms with Crippen LogP contribution in [0.15, 0.2) is 0 Å². The van der Waals surface area contributed by atoms with E-state index in [0.29, 0.717) is 0 Å². The fraction of sp³-hybridized carbons (Fsp3) is 0.667. The molecule has 0 rings (SSSR count). The van der Waals surface area contributed by atoms with Crippen LogP contribution >= 0.6 is 0 Å². The number of hydrogen-bond acceptors (Lipinski definition) is 3. The normalized spacial score (nSPS) is 9.60. The first kappa shape index (κ1) is 11.8. The third kappa shape index (κ3) is 61.4. The molecule has 0 saturated carbocycles. The molecule has 0 radical (unpaired) electrons. The fourth-order valence-electron chi connectivity index (χ4n) is 0. The van der Waals surface area contributed by atoms with Crippen LogP contribution in [0.2, 0.25) is 0 Å². The summed E-state index contributed by atoms with van der Waals surface area (Å²) in [4.78, 5) is 8.56. The second-order valence-corrected chi connectivity index (χ2v) is 1.11. The molecule has 62 valence electrons. The van der Waals surface area contributed by atoms with Crippen LogP contribution in [0.5, 0.6) is 0 Å². The van der Waals surface area contributed by atoms with Crippen LogP contribution in [0.25, 0.3) is 0 Å². The van der Waals surface area contributed by atoms with Gasteiger partial charge in [0.1, 0.15) is 6.61 Å². The second-order valence-electron chi connectivity index (χ2n) is 1.11. The summed E-state index contributed by atoms with van der Waals surface area (Å²) < 4.78 is 21.5. The molecule has 0 fully saturated rings. The molecule has 7 heteroatoms. The smallest absolute Gasteiger partial charge is 0.450 e. The van der Waals surface area contributed by atoms with Gasteiger partial charge in [-0.3, -0.25) is 0 Å². The topological polar surface area (TPSA) is 98.0 Å². The first-order chi connectivity index (χ1) is 4.29. The highest BCUT2D eigenvalue weighted by molar-refractivity contribution is 5.53. The Morgan fingerprint density at radius 1 is 1.40 bits per heavy atom. The Balaban J connectivity index is 0. The number of halogens is 2. The number of carboxylic acid groups (broad SMARTS) is 2. The van der Waals surface area contributed by atoms with Gasteiger partial charge in [-0.1, -0.05) is 0 Å². The van der Waals surface area contributed by atoms with E-state index in [1.165, 1.54) is 0 Å². The average molecular weight is 160 g/mol. The Hall–Kier alpha value is -0.950. The molecule has 0 aliphatic heterocycles. The molecule has 0 aliphatic carbocycles. The first-order valence-electron chi connectivity index (χ1n) is 1.92. The summed E-state index contributed by atoms with van der Waals surface area (Å²) in [5.41, 5.74) is 0. The lowest BCUT2D eigenvalue weighted by atomic mass is 10.7. The summed E-state index contributed by atoms with van der Waals surface area (Å²) >= 11 is 0. The van der Waals surface area contributed by atoms with Gasteiger partial charge >= 0.3 is 12.3 Å². The van der Waals surface area contributed by atoms with Crippen LogP contribution in [0.3, 0.4) is 0 Å². The lowest BCUT2D eigenvalue weighted by molar-refractivity contribution is -0.221. The average Bonchev–Trinajstić information content (AvgIpc) is 1.63. The molecule has 5 nitrogen and oxygen atoms in total. The highest BCUT2D eigenvalue weighted by Crippen LogP contribution is 2.03. The Bertz CT molecular complexity index is 93.6. The van der Waals surface area contributed by atoms with Gasteiger partial charge in [0.05, 0.1) is 0 Å². The van der Waals surface area contributed by atoms with E-state index >= 15 is 0 Å². The summed E-state index contributed by atoms with van der Waals surface area (Å²) in [7, 11) is 0. The van der Waals surface area contributed by atoms with E-state index in [0.717, 1.165) is 0 Å². The van der Waals surface area contributed by atoms with Crippen molar-refractivity contribution in [3.8, 4) is 0 Å². The van der Waals surface area contributed by atoms with Gasteiger partial charge in [-0.2, -0.15) is 8.78 Å². The van der Waals surface area contributed by atoms with Gasteiger partial charge in [0.2, 0.25) is 0 Å². The molecule has 0 aromatic heterocycles.